The van der Waals surface area contributed by atoms with Crippen LogP contribution in [0.1, 0.15) is 12.0 Å². The maximum atomic E-state index is 13.9. The zero-order chi connectivity index (χ0) is 11.5. The molecule has 1 aromatic carbocycles. The molecule has 3 nitrogen and oxygen atoms in total. The van der Waals surface area contributed by atoms with Gasteiger partial charge in [-0.25, -0.2) is 4.39 Å². The van der Waals surface area contributed by atoms with Gasteiger partial charge in [-0.3, -0.25) is 0 Å². The Kier molecular flexibility index (Phi) is 3.66. The summed E-state index contributed by atoms with van der Waals surface area (Å²) < 4.78 is 25.3. The molecule has 0 saturated carbocycles. The van der Waals surface area contributed by atoms with Gasteiger partial charge in [-0.15, -0.1) is 0 Å². The molecule has 2 rings (SSSR count). The zero-order valence-electron chi connectivity index (χ0n) is 8.76. The first kappa shape index (κ1) is 11.7. The number of nitrogens with two attached hydrogens (primary N) is 1. The third-order valence-electron chi connectivity index (χ3n) is 2.42. The van der Waals surface area contributed by atoms with Gasteiger partial charge in [0.25, 0.3) is 0 Å². The average molecular weight is 290 g/mol. The standard InChI is InChI=1S/C11H13BrFNO2/c12-8-6-9-11(16-5-1-4-15-9)7(2-3-14)10(8)13/h6H,1-5,14H2. The van der Waals surface area contributed by atoms with Gasteiger partial charge < -0.3 is 15.2 Å². The van der Waals surface area contributed by atoms with Gasteiger partial charge in [0.1, 0.15) is 5.82 Å². The first-order chi connectivity index (χ1) is 7.74. The fourth-order valence-corrected chi connectivity index (χ4v) is 2.13. The van der Waals surface area contributed by atoms with Crippen molar-refractivity contribution in [3.8, 4) is 11.5 Å². The minimum atomic E-state index is -0.310. The van der Waals surface area contributed by atoms with Crippen LogP contribution >= 0.6 is 15.9 Å². The quantitative estimate of drug-likeness (QED) is 0.908. The summed E-state index contributed by atoms with van der Waals surface area (Å²) in [7, 11) is 0. The Labute approximate surface area is 102 Å². The highest BCUT2D eigenvalue weighted by atomic mass is 79.9. The van der Waals surface area contributed by atoms with Crippen molar-refractivity contribution in [2.75, 3.05) is 19.8 Å². The summed E-state index contributed by atoms with van der Waals surface area (Å²) in [6, 6.07) is 1.61. The molecule has 0 fully saturated rings. The Balaban J connectivity index is 2.51. The van der Waals surface area contributed by atoms with E-state index in [1.165, 1.54) is 0 Å². The molecule has 0 saturated heterocycles. The Morgan fingerprint density at radius 2 is 2.12 bits per heavy atom. The molecule has 0 aliphatic carbocycles. The lowest BCUT2D eigenvalue weighted by Gasteiger charge is -2.14. The fourth-order valence-electron chi connectivity index (χ4n) is 1.68. The SMILES string of the molecule is NCCc1c(F)c(Br)cc2c1OCCCO2. The molecule has 1 aromatic rings. The van der Waals surface area contributed by atoms with Crippen LogP contribution in [0.25, 0.3) is 0 Å². The van der Waals surface area contributed by atoms with Crippen molar-refractivity contribution < 1.29 is 13.9 Å². The number of hydrogen-bond acceptors (Lipinski definition) is 3. The minimum Gasteiger partial charge on any atom is -0.490 e. The molecule has 0 aromatic heterocycles. The lowest BCUT2D eigenvalue weighted by molar-refractivity contribution is 0.296. The minimum absolute atomic E-state index is 0.310. The molecule has 1 aliphatic heterocycles. The third kappa shape index (κ3) is 2.15. The van der Waals surface area contributed by atoms with Gasteiger partial charge in [-0.1, -0.05) is 0 Å². The smallest absolute Gasteiger partial charge is 0.167 e. The average Bonchev–Trinajstić information content (AvgIpc) is 2.50. The summed E-state index contributed by atoms with van der Waals surface area (Å²) in [5.74, 6) is 0.785. The molecule has 1 heterocycles. The van der Waals surface area contributed by atoms with E-state index in [-0.39, 0.29) is 5.82 Å². The predicted molar refractivity (Wildman–Crippen MR) is 62.5 cm³/mol. The van der Waals surface area contributed by atoms with Crippen molar-refractivity contribution in [3.63, 3.8) is 0 Å². The summed E-state index contributed by atoms with van der Waals surface area (Å²) in [6.45, 7) is 1.52. The van der Waals surface area contributed by atoms with Crippen LogP contribution in [0.2, 0.25) is 0 Å². The molecule has 1 aliphatic rings. The summed E-state index contributed by atoms with van der Waals surface area (Å²) in [5, 5.41) is 0. The van der Waals surface area contributed by atoms with E-state index in [0.717, 1.165) is 6.42 Å². The van der Waals surface area contributed by atoms with E-state index in [1.54, 1.807) is 6.07 Å². The normalized spacial score (nSPS) is 14.7. The van der Waals surface area contributed by atoms with Crippen molar-refractivity contribution >= 4 is 15.9 Å². The number of fused-ring (bicyclic) bond motifs is 1. The predicted octanol–water partition coefficient (Wildman–Crippen LogP) is 2.25. The second-order valence-electron chi connectivity index (χ2n) is 3.57. The van der Waals surface area contributed by atoms with Crippen LogP contribution in [-0.4, -0.2) is 19.8 Å². The first-order valence-electron chi connectivity index (χ1n) is 5.20. The lowest BCUT2D eigenvalue weighted by atomic mass is 10.1. The van der Waals surface area contributed by atoms with Crippen molar-refractivity contribution in [1.29, 1.82) is 0 Å². The monoisotopic (exact) mass is 289 g/mol. The van der Waals surface area contributed by atoms with E-state index in [2.05, 4.69) is 15.9 Å². The van der Waals surface area contributed by atoms with Gasteiger partial charge in [0.2, 0.25) is 0 Å². The second kappa shape index (κ2) is 5.01. The highest BCUT2D eigenvalue weighted by Crippen LogP contribution is 2.39. The van der Waals surface area contributed by atoms with E-state index in [9.17, 15) is 4.39 Å². The Hall–Kier alpha value is -0.810. The number of ether oxygens (including phenoxy) is 2. The molecule has 5 heteroatoms. The highest BCUT2D eigenvalue weighted by molar-refractivity contribution is 9.10. The zero-order valence-corrected chi connectivity index (χ0v) is 10.3. The molecule has 0 spiro atoms. The number of rotatable bonds is 2. The molecule has 16 heavy (non-hydrogen) atoms. The van der Waals surface area contributed by atoms with Crippen LogP contribution in [0, 0.1) is 5.82 Å². The summed E-state index contributed by atoms with van der Waals surface area (Å²) >= 11 is 3.17. The Bertz CT molecular complexity index is 398. The first-order valence-corrected chi connectivity index (χ1v) is 6.00. The molecule has 0 amide bonds. The number of benzene rings is 1. The van der Waals surface area contributed by atoms with Gasteiger partial charge in [0.15, 0.2) is 11.5 Å². The topological polar surface area (TPSA) is 44.5 Å². The van der Waals surface area contributed by atoms with Crippen molar-refractivity contribution in [1.82, 2.24) is 0 Å². The molecule has 2 N–H and O–H groups in total. The van der Waals surface area contributed by atoms with Crippen molar-refractivity contribution in [2.24, 2.45) is 5.73 Å². The molecular weight excluding hydrogens is 277 g/mol. The van der Waals surface area contributed by atoms with Crippen LogP contribution in [-0.2, 0) is 6.42 Å². The van der Waals surface area contributed by atoms with Crippen molar-refractivity contribution in [3.05, 3.63) is 21.9 Å². The van der Waals surface area contributed by atoms with Gasteiger partial charge in [0, 0.05) is 18.1 Å². The third-order valence-corrected chi connectivity index (χ3v) is 2.99. The number of hydrogen-bond donors (Lipinski definition) is 1. The van der Waals surface area contributed by atoms with Crippen LogP contribution in [0.15, 0.2) is 10.5 Å². The van der Waals surface area contributed by atoms with Gasteiger partial charge >= 0.3 is 0 Å². The van der Waals surface area contributed by atoms with Crippen LogP contribution in [0.4, 0.5) is 4.39 Å². The van der Waals surface area contributed by atoms with Gasteiger partial charge in [-0.2, -0.15) is 0 Å². The van der Waals surface area contributed by atoms with Gasteiger partial charge in [0.05, 0.1) is 17.7 Å². The summed E-state index contributed by atoms with van der Waals surface area (Å²) in [6.07, 6.45) is 1.24. The molecule has 0 atom stereocenters. The summed E-state index contributed by atoms with van der Waals surface area (Å²) in [5.41, 5.74) is 5.97. The largest absolute Gasteiger partial charge is 0.490 e. The molecule has 0 bridgehead atoms. The van der Waals surface area contributed by atoms with Gasteiger partial charge in [-0.05, 0) is 28.9 Å². The number of halogens is 2. The van der Waals surface area contributed by atoms with Crippen molar-refractivity contribution in [2.45, 2.75) is 12.8 Å². The van der Waals surface area contributed by atoms with Crippen LogP contribution < -0.4 is 15.2 Å². The summed E-state index contributed by atoms with van der Waals surface area (Å²) in [4.78, 5) is 0. The lowest BCUT2D eigenvalue weighted by Crippen LogP contribution is -2.08. The van der Waals surface area contributed by atoms with Crippen LogP contribution in [0.3, 0.4) is 0 Å². The fraction of sp³-hybridized carbons (Fsp3) is 0.455. The van der Waals surface area contributed by atoms with E-state index in [1.807, 2.05) is 0 Å². The van der Waals surface area contributed by atoms with E-state index >= 15 is 0 Å². The Morgan fingerprint density at radius 1 is 1.38 bits per heavy atom. The molecule has 0 unspecified atom stereocenters. The van der Waals surface area contributed by atoms with E-state index in [4.69, 9.17) is 15.2 Å². The second-order valence-corrected chi connectivity index (χ2v) is 4.42. The van der Waals surface area contributed by atoms with Crippen LogP contribution in [0.5, 0.6) is 11.5 Å². The highest BCUT2D eigenvalue weighted by Gasteiger charge is 2.20. The molecule has 0 radical (unpaired) electrons. The maximum absolute atomic E-state index is 13.9. The molecule has 88 valence electrons. The maximum Gasteiger partial charge on any atom is 0.167 e. The van der Waals surface area contributed by atoms with E-state index in [0.29, 0.717) is 47.7 Å². The Morgan fingerprint density at radius 3 is 2.88 bits per heavy atom. The molecular formula is C11H13BrFNO2. The van der Waals surface area contributed by atoms with E-state index < -0.39 is 0 Å².